The fourth-order valence-corrected chi connectivity index (χ4v) is 2.69. The fraction of sp³-hybridized carbons (Fsp3) is 0.333. The number of aromatic nitrogens is 1. The first-order valence-corrected chi connectivity index (χ1v) is 8.50. The summed E-state index contributed by atoms with van der Waals surface area (Å²) in [5, 5.41) is 8.18. The average molecular weight is 372 g/mol. The van der Waals surface area contributed by atoms with Gasteiger partial charge in [0.1, 0.15) is 11.9 Å². The molecule has 142 valence electrons. The number of morpholine rings is 1. The molecule has 0 saturated carbocycles. The molecule has 2 N–H and O–H groups in total. The molecule has 27 heavy (non-hydrogen) atoms. The van der Waals surface area contributed by atoms with Gasteiger partial charge in [-0.2, -0.15) is 0 Å². The number of nitrogens with zero attached hydrogens (tertiary/aromatic N) is 2. The number of benzene rings is 1. The molecule has 2 heterocycles. The number of ether oxygens (including phenoxy) is 1. The van der Waals surface area contributed by atoms with E-state index in [2.05, 4.69) is 15.8 Å². The van der Waals surface area contributed by atoms with Crippen LogP contribution >= 0.6 is 0 Å². The van der Waals surface area contributed by atoms with Crippen molar-refractivity contribution < 1.29 is 23.6 Å². The van der Waals surface area contributed by atoms with E-state index in [0.29, 0.717) is 25.5 Å². The van der Waals surface area contributed by atoms with Gasteiger partial charge >= 0.3 is 11.8 Å². The third-order valence-electron chi connectivity index (χ3n) is 4.07. The quantitative estimate of drug-likeness (QED) is 0.762. The van der Waals surface area contributed by atoms with Crippen LogP contribution in [0.4, 0.5) is 5.82 Å². The van der Waals surface area contributed by atoms with Gasteiger partial charge in [0.15, 0.2) is 5.82 Å². The lowest BCUT2D eigenvalue weighted by atomic mass is 10.1. The molecule has 1 aliphatic heterocycles. The normalized spacial score (nSPS) is 16.6. The van der Waals surface area contributed by atoms with Gasteiger partial charge in [0.25, 0.3) is 0 Å². The Bertz CT molecular complexity index is 820. The molecule has 3 amide bonds. The summed E-state index contributed by atoms with van der Waals surface area (Å²) in [6, 6.07) is 11.1. The average Bonchev–Trinajstić information content (AvgIpc) is 3.11. The van der Waals surface area contributed by atoms with Crippen LogP contribution in [0.3, 0.4) is 0 Å². The first-order valence-electron chi connectivity index (χ1n) is 8.50. The van der Waals surface area contributed by atoms with Crippen LogP contribution in [0.25, 0.3) is 0 Å². The van der Waals surface area contributed by atoms with E-state index in [4.69, 9.17) is 9.26 Å². The van der Waals surface area contributed by atoms with Crippen molar-refractivity contribution in [3.05, 3.63) is 47.7 Å². The Hall–Kier alpha value is -3.20. The van der Waals surface area contributed by atoms with Gasteiger partial charge in [-0.1, -0.05) is 35.5 Å². The highest BCUT2D eigenvalue weighted by Crippen LogP contribution is 2.21. The minimum atomic E-state index is -0.920. The summed E-state index contributed by atoms with van der Waals surface area (Å²) in [5.74, 6) is -1.48. The summed E-state index contributed by atoms with van der Waals surface area (Å²) in [6.45, 7) is 2.62. The lowest BCUT2D eigenvalue weighted by molar-refractivity contribution is -0.141. The first-order chi connectivity index (χ1) is 13.0. The number of carbonyl (C=O) groups excluding carboxylic acids is 3. The van der Waals surface area contributed by atoms with E-state index >= 15 is 0 Å². The van der Waals surface area contributed by atoms with Crippen LogP contribution in [0.2, 0.25) is 0 Å². The SMILES string of the molecule is Cc1cc(NC(=O)C(=O)NCC(=O)N2CCOC(c3ccccc3)C2)no1. The van der Waals surface area contributed by atoms with Crippen molar-refractivity contribution in [2.45, 2.75) is 13.0 Å². The van der Waals surface area contributed by atoms with E-state index in [1.165, 1.54) is 6.07 Å². The van der Waals surface area contributed by atoms with Gasteiger partial charge in [-0.25, -0.2) is 0 Å². The van der Waals surface area contributed by atoms with Crippen LogP contribution < -0.4 is 10.6 Å². The summed E-state index contributed by atoms with van der Waals surface area (Å²) < 4.78 is 10.5. The Labute approximate surface area is 155 Å². The Kier molecular flexibility index (Phi) is 5.82. The number of hydrogen-bond donors (Lipinski definition) is 2. The van der Waals surface area contributed by atoms with Crippen LogP contribution in [-0.4, -0.2) is 54.0 Å². The van der Waals surface area contributed by atoms with Gasteiger partial charge in [-0.15, -0.1) is 0 Å². The molecule has 2 aromatic rings. The third kappa shape index (κ3) is 4.91. The largest absolute Gasteiger partial charge is 0.370 e. The van der Waals surface area contributed by atoms with E-state index in [1.54, 1.807) is 11.8 Å². The summed E-state index contributed by atoms with van der Waals surface area (Å²) in [5.41, 5.74) is 0.987. The Morgan fingerprint density at radius 2 is 2.00 bits per heavy atom. The van der Waals surface area contributed by atoms with E-state index in [0.717, 1.165) is 5.56 Å². The van der Waals surface area contributed by atoms with Crippen LogP contribution in [0.1, 0.15) is 17.4 Å². The first kappa shape index (κ1) is 18.6. The summed E-state index contributed by atoms with van der Waals surface area (Å²) >= 11 is 0. The lowest BCUT2D eigenvalue weighted by Gasteiger charge is -2.33. The third-order valence-corrected chi connectivity index (χ3v) is 4.07. The van der Waals surface area contributed by atoms with E-state index in [9.17, 15) is 14.4 Å². The van der Waals surface area contributed by atoms with Crippen molar-refractivity contribution in [2.75, 3.05) is 31.6 Å². The number of nitrogens with one attached hydrogen (secondary N) is 2. The van der Waals surface area contributed by atoms with Crippen molar-refractivity contribution in [1.82, 2.24) is 15.4 Å². The lowest BCUT2D eigenvalue weighted by Crippen LogP contribution is -2.48. The second-order valence-electron chi connectivity index (χ2n) is 6.07. The monoisotopic (exact) mass is 372 g/mol. The molecule has 3 rings (SSSR count). The van der Waals surface area contributed by atoms with Crippen molar-refractivity contribution in [3.8, 4) is 0 Å². The number of rotatable bonds is 4. The molecule has 0 bridgehead atoms. The maximum Gasteiger partial charge on any atom is 0.314 e. The van der Waals surface area contributed by atoms with Crippen molar-refractivity contribution >= 4 is 23.5 Å². The molecule has 1 aliphatic rings. The van der Waals surface area contributed by atoms with Gasteiger partial charge in [0, 0.05) is 12.6 Å². The molecule has 0 aliphatic carbocycles. The highest BCUT2D eigenvalue weighted by Gasteiger charge is 2.26. The van der Waals surface area contributed by atoms with E-state index in [1.807, 2.05) is 30.3 Å². The van der Waals surface area contributed by atoms with Crippen molar-refractivity contribution in [2.24, 2.45) is 0 Å². The maximum absolute atomic E-state index is 12.4. The molecule has 0 spiro atoms. The number of carbonyl (C=O) groups is 3. The Morgan fingerprint density at radius 1 is 1.22 bits per heavy atom. The molecule has 1 aromatic carbocycles. The van der Waals surface area contributed by atoms with Crippen LogP contribution in [0.15, 0.2) is 40.9 Å². The molecule has 0 radical (unpaired) electrons. The second kappa shape index (κ2) is 8.45. The highest BCUT2D eigenvalue weighted by atomic mass is 16.5. The molecule has 9 nitrogen and oxygen atoms in total. The van der Waals surface area contributed by atoms with Crippen LogP contribution in [0.5, 0.6) is 0 Å². The molecule has 9 heteroatoms. The standard InChI is InChI=1S/C18H20N4O5/c1-12-9-15(21-27-12)20-18(25)17(24)19-10-16(23)22-7-8-26-14(11-22)13-5-3-2-4-6-13/h2-6,9,14H,7-8,10-11H2,1H3,(H,19,24)(H,20,21,25). The molecular formula is C18H20N4O5. The van der Waals surface area contributed by atoms with Crippen LogP contribution in [0, 0.1) is 6.92 Å². The van der Waals surface area contributed by atoms with Gasteiger partial charge in [-0.3, -0.25) is 19.7 Å². The predicted molar refractivity (Wildman–Crippen MR) is 94.6 cm³/mol. The zero-order valence-electron chi connectivity index (χ0n) is 14.8. The summed E-state index contributed by atoms with van der Waals surface area (Å²) in [4.78, 5) is 37.6. The number of aryl methyl sites for hydroxylation is 1. The predicted octanol–water partition coefficient (Wildman–Crippen LogP) is 0.638. The minimum absolute atomic E-state index is 0.137. The van der Waals surface area contributed by atoms with Crippen molar-refractivity contribution in [1.29, 1.82) is 0 Å². The molecule has 1 fully saturated rings. The molecule has 1 atom stereocenters. The van der Waals surface area contributed by atoms with Gasteiger partial charge in [0.05, 0.1) is 19.7 Å². The van der Waals surface area contributed by atoms with Crippen LogP contribution in [-0.2, 0) is 19.1 Å². The number of amides is 3. The van der Waals surface area contributed by atoms with E-state index in [-0.39, 0.29) is 24.4 Å². The number of anilines is 1. The van der Waals surface area contributed by atoms with Crippen molar-refractivity contribution in [3.63, 3.8) is 0 Å². The maximum atomic E-state index is 12.4. The Balaban J connectivity index is 1.48. The zero-order valence-corrected chi connectivity index (χ0v) is 14.8. The minimum Gasteiger partial charge on any atom is -0.370 e. The molecule has 1 aromatic heterocycles. The second-order valence-corrected chi connectivity index (χ2v) is 6.07. The summed E-state index contributed by atoms with van der Waals surface area (Å²) in [6.07, 6.45) is -0.210. The Morgan fingerprint density at radius 3 is 2.70 bits per heavy atom. The summed E-state index contributed by atoms with van der Waals surface area (Å²) in [7, 11) is 0. The van der Waals surface area contributed by atoms with Gasteiger partial charge in [0.2, 0.25) is 5.91 Å². The zero-order chi connectivity index (χ0) is 19.2. The molecular weight excluding hydrogens is 352 g/mol. The molecule has 1 unspecified atom stereocenters. The molecule has 1 saturated heterocycles. The van der Waals surface area contributed by atoms with E-state index < -0.39 is 11.8 Å². The fourth-order valence-electron chi connectivity index (χ4n) is 2.69. The van der Waals surface area contributed by atoms with Gasteiger partial charge in [-0.05, 0) is 12.5 Å². The highest BCUT2D eigenvalue weighted by molar-refractivity contribution is 6.39. The van der Waals surface area contributed by atoms with Gasteiger partial charge < -0.3 is 19.5 Å². The topological polar surface area (TPSA) is 114 Å². The smallest absolute Gasteiger partial charge is 0.314 e. The number of hydrogen-bond acceptors (Lipinski definition) is 6.